The average molecular weight is 563 g/mol. The van der Waals surface area contributed by atoms with Crippen LogP contribution in [0.3, 0.4) is 0 Å². The van der Waals surface area contributed by atoms with Crippen LogP contribution in [0, 0.1) is 0 Å². The van der Waals surface area contributed by atoms with Crippen molar-refractivity contribution < 1.29 is 8.83 Å². The lowest BCUT2D eigenvalue weighted by Gasteiger charge is -2.04. The molecule has 4 nitrogen and oxygen atoms in total. The minimum absolute atomic E-state index is 0.610. The van der Waals surface area contributed by atoms with Gasteiger partial charge in [0.15, 0.2) is 11.2 Å². The number of nitrogens with zero attached hydrogens (tertiary/aromatic N) is 2. The lowest BCUT2D eigenvalue weighted by atomic mass is 10.0. The summed E-state index contributed by atoms with van der Waals surface area (Å²) in [5.74, 6) is 1.22. The molecule has 8 aromatic carbocycles. The van der Waals surface area contributed by atoms with E-state index >= 15 is 0 Å². The Morgan fingerprint density at radius 1 is 0.318 bits per heavy atom. The van der Waals surface area contributed by atoms with Crippen molar-refractivity contribution in [2.75, 3.05) is 0 Å². The fourth-order valence-electron chi connectivity index (χ4n) is 6.49. The maximum Gasteiger partial charge on any atom is 0.227 e. The smallest absolute Gasteiger partial charge is 0.227 e. The topological polar surface area (TPSA) is 52.1 Å². The summed E-state index contributed by atoms with van der Waals surface area (Å²) >= 11 is 0. The Hall–Kier alpha value is -6.00. The van der Waals surface area contributed by atoms with E-state index in [1.54, 1.807) is 0 Å². The van der Waals surface area contributed by atoms with Crippen LogP contribution in [0.15, 0.2) is 142 Å². The Labute approximate surface area is 250 Å². The van der Waals surface area contributed by atoms with Crippen LogP contribution in [0.5, 0.6) is 0 Å². The molecule has 0 aliphatic carbocycles. The van der Waals surface area contributed by atoms with Gasteiger partial charge in [0, 0.05) is 11.1 Å². The molecular formula is C40H22N2O2. The van der Waals surface area contributed by atoms with E-state index in [1.165, 1.54) is 32.3 Å². The van der Waals surface area contributed by atoms with Gasteiger partial charge in [0.05, 0.1) is 0 Å². The SMILES string of the molecule is c1ccc2cc3cc(-c4nc5cc6cc7oc(-c8ccc9cc%10ccccc%10cc9c8)nc7cc6cc5o4)ccc3cc2c1. The monoisotopic (exact) mass is 562 g/mol. The molecule has 44 heavy (non-hydrogen) atoms. The molecule has 10 aromatic rings. The van der Waals surface area contributed by atoms with Crippen LogP contribution >= 0.6 is 0 Å². The van der Waals surface area contributed by atoms with Crippen LogP contribution in [0.2, 0.25) is 0 Å². The van der Waals surface area contributed by atoms with Gasteiger partial charge in [-0.05, 0) is 127 Å². The van der Waals surface area contributed by atoms with Crippen LogP contribution < -0.4 is 0 Å². The molecule has 0 bridgehead atoms. The first kappa shape index (κ1) is 23.6. The van der Waals surface area contributed by atoms with E-state index in [-0.39, 0.29) is 0 Å². The number of benzene rings is 8. The maximum atomic E-state index is 6.30. The van der Waals surface area contributed by atoms with Crippen LogP contribution in [0.25, 0.3) is 99.0 Å². The average Bonchev–Trinajstić information content (AvgIpc) is 3.67. The Kier molecular flexibility index (Phi) is 4.69. The number of hydrogen-bond acceptors (Lipinski definition) is 4. The number of aromatic nitrogens is 2. The second-order valence-corrected chi connectivity index (χ2v) is 11.5. The lowest BCUT2D eigenvalue weighted by molar-refractivity contribution is 0.619. The highest BCUT2D eigenvalue weighted by atomic mass is 16.4. The highest BCUT2D eigenvalue weighted by Crippen LogP contribution is 2.35. The zero-order chi connectivity index (χ0) is 28.8. The lowest BCUT2D eigenvalue weighted by Crippen LogP contribution is -1.80. The van der Waals surface area contributed by atoms with Crippen molar-refractivity contribution in [2.45, 2.75) is 0 Å². The summed E-state index contributed by atoms with van der Waals surface area (Å²) < 4.78 is 12.6. The predicted molar refractivity (Wildman–Crippen MR) is 180 cm³/mol. The Bertz CT molecular complexity index is 2530. The summed E-state index contributed by atoms with van der Waals surface area (Å²) in [6.45, 7) is 0. The van der Waals surface area contributed by atoms with Crippen molar-refractivity contribution >= 4 is 76.1 Å². The fraction of sp³-hybridized carbons (Fsp3) is 0. The highest BCUT2D eigenvalue weighted by Gasteiger charge is 2.14. The molecule has 0 atom stereocenters. The fourth-order valence-corrected chi connectivity index (χ4v) is 6.49. The van der Waals surface area contributed by atoms with Crippen molar-refractivity contribution in [3.05, 3.63) is 133 Å². The molecule has 0 spiro atoms. The predicted octanol–water partition coefficient (Wildman–Crippen LogP) is 11.1. The third-order valence-corrected chi connectivity index (χ3v) is 8.76. The molecule has 0 amide bonds. The van der Waals surface area contributed by atoms with Crippen LogP contribution in [-0.4, -0.2) is 9.97 Å². The molecule has 0 saturated carbocycles. The second-order valence-electron chi connectivity index (χ2n) is 11.5. The normalized spacial score (nSPS) is 12.1. The van der Waals surface area contributed by atoms with E-state index in [2.05, 4.69) is 121 Å². The Morgan fingerprint density at radius 3 is 1.11 bits per heavy atom. The van der Waals surface area contributed by atoms with Crippen molar-refractivity contribution in [1.82, 2.24) is 9.97 Å². The van der Waals surface area contributed by atoms with E-state index in [0.29, 0.717) is 11.8 Å². The zero-order valence-corrected chi connectivity index (χ0v) is 23.4. The quantitative estimate of drug-likeness (QED) is 0.197. The molecule has 0 fully saturated rings. The molecule has 0 aliphatic heterocycles. The first-order valence-corrected chi connectivity index (χ1v) is 14.7. The molecule has 10 rings (SSSR count). The highest BCUT2D eigenvalue weighted by molar-refractivity contribution is 6.03. The Morgan fingerprint density at radius 2 is 0.682 bits per heavy atom. The van der Waals surface area contributed by atoms with E-state index in [4.69, 9.17) is 18.8 Å². The summed E-state index contributed by atoms with van der Waals surface area (Å²) in [6.07, 6.45) is 0. The molecular weight excluding hydrogens is 540 g/mol. The first-order chi connectivity index (χ1) is 21.7. The molecule has 0 N–H and O–H groups in total. The zero-order valence-electron chi connectivity index (χ0n) is 23.4. The van der Waals surface area contributed by atoms with Gasteiger partial charge in [-0.3, -0.25) is 0 Å². The van der Waals surface area contributed by atoms with Gasteiger partial charge < -0.3 is 8.83 Å². The van der Waals surface area contributed by atoms with E-state index in [1.807, 2.05) is 12.1 Å². The molecule has 2 heterocycles. The Balaban J connectivity index is 1.04. The molecule has 0 unspecified atom stereocenters. The van der Waals surface area contributed by atoms with Crippen LogP contribution in [0.4, 0.5) is 0 Å². The standard InChI is InChI=1S/C40H22N2O2/c1-3-7-25-15-31-17-29(11-9-27(31)13-23(25)5-1)39-41-35-19-33-22-38-36(20-34(33)21-37(35)43-39)42-40(44-38)30-12-10-28-14-24-6-2-4-8-26(24)16-32(28)18-30/h1-22H. The molecule has 0 radical (unpaired) electrons. The van der Waals surface area contributed by atoms with Crippen LogP contribution in [0.1, 0.15) is 0 Å². The number of rotatable bonds is 2. The largest absolute Gasteiger partial charge is 0.436 e. The molecule has 204 valence electrons. The van der Waals surface area contributed by atoms with Crippen molar-refractivity contribution in [2.24, 2.45) is 0 Å². The van der Waals surface area contributed by atoms with Gasteiger partial charge in [-0.2, -0.15) is 0 Å². The molecule has 0 aliphatic rings. The number of oxazole rings is 2. The summed E-state index contributed by atoms with van der Waals surface area (Å²) in [5, 5.41) is 11.7. The van der Waals surface area contributed by atoms with Gasteiger partial charge in [-0.15, -0.1) is 0 Å². The summed E-state index contributed by atoms with van der Waals surface area (Å²) in [7, 11) is 0. The van der Waals surface area contributed by atoms with Gasteiger partial charge >= 0.3 is 0 Å². The number of fused-ring (bicyclic) bond motifs is 7. The van der Waals surface area contributed by atoms with Gasteiger partial charge in [0.2, 0.25) is 11.8 Å². The van der Waals surface area contributed by atoms with Crippen LogP contribution in [-0.2, 0) is 0 Å². The molecule has 0 saturated heterocycles. The second kappa shape index (κ2) is 8.76. The van der Waals surface area contributed by atoms with Crippen molar-refractivity contribution in [3.8, 4) is 22.9 Å². The maximum absolute atomic E-state index is 6.30. The minimum Gasteiger partial charge on any atom is -0.436 e. The van der Waals surface area contributed by atoms with Gasteiger partial charge in [-0.1, -0.05) is 60.7 Å². The van der Waals surface area contributed by atoms with E-state index in [9.17, 15) is 0 Å². The van der Waals surface area contributed by atoms with Gasteiger partial charge in [-0.25, -0.2) is 9.97 Å². The van der Waals surface area contributed by atoms with Crippen molar-refractivity contribution in [3.63, 3.8) is 0 Å². The van der Waals surface area contributed by atoms with Gasteiger partial charge in [0.1, 0.15) is 11.0 Å². The minimum atomic E-state index is 0.610. The van der Waals surface area contributed by atoms with Gasteiger partial charge in [0.25, 0.3) is 0 Å². The molecule has 2 aromatic heterocycles. The third kappa shape index (κ3) is 3.64. The summed E-state index contributed by atoms with van der Waals surface area (Å²) in [5.41, 5.74) is 5.03. The first-order valence-electron chi connectivity index (χ1n) is 14.7. The van der Waals surface area contributed by atoms with Crippen molar-refractivity contribution in [1.29, 1.82) is 0 Å². The number of hydrogen-bond donors (Lipinski definition) is 0. The molecule has 4 heteroatoms. The summed E-state index contributed by atoms with van der Waals surface area (Å²) in [4.78, 5) is 9.75. The summed E-state index contributed by atoms with van der Waals surface area (Å²) in [6, 6.07) is 46.7. The van der Waals surface area contributed by atoms with E-state index < -0.39 is 0 Å². The third-order valence-electron chi connectivity index (χ3n) is 8.76. The van der Waals surface area contributed by atoms with E-state index in [0.717, 1.165) is 54.9 Å².